The van der Waals surface area contributed by atoms with Gasteiger partial charge in [-0.3, -0.25) is 4.79 Å². The third-order valence-corrected chi connectivity index (χ3v) is 0.461. The largest absolute Gasteiger partial charge is 0.372 e. The predicted molar refractivity (Wildman–Crippen MR) is 24.3 cm³/mol. The highest BCUT2D eigenvalue weighted by Gasteiger charge is 1.94. The smallest absolute Gasteiger partial charge is 0.343 e. The molecule has 5 heteroatoms. The van der Waals surface area contributed by atoms with Gasteiger partial charge in [-0.25, -0.2) is 4.79 Å². The minimum atomic E-state index is -0.669. The summed E-state index contributed by atoms with van der Waals surface area (Å²) in [4.78, 5) is 23.2. The van der Waals surface area contributed by atoms with E-state index in [1.54, 1.807) is 0 Å². The second kappa shape index (κ2) is 4.07. The van der Waals surface area contributed by atoms with Crippen molar-refractivity contribution in [2.24, 2.45) is 5.90 Å². The summed E-state index contributed by atoms with van der Waals surface area (Å²) in [5, 5.41) is 2.06. The first-order chi connectivity index (χ1) is 3.81. The molecular weight excluding hydrogens is 112 g/mol. The second-order valence-electron chi connectivity index (χ2n) is 0.989. The SMILES string of the molecule is NOC(=O)CNC=O. The van der Waals surface area contributed by atoms with Gasteiger partial charge >= 0.3 is 5.97 Å². The molecule has 5 nitrogen and oxygen atoms in total. The molecule has 0 saturated heterocycles. The van der Waals surface area contributed by atoms with E-state index in [9.17, 15) is 9.59 Å². The summed E-state index contributed by atoms with van der Waals surface area (Å²) < 4.78 is 0. The molecule has 0 fully saturated rings. The molecule has 0 bridgehead atoms. The Bertz CT molecular complexity index is 92.5. The topological polar surface area (TPSA) is 81.4 Å². The molecule has 0 unspecified atom stereocenters. The van der Waals surface area contributed by atoms with Crippen molar-refractivity contribution in [1.82, 2.24) is 5.32 Å². The standard InChI is InChI=1S/C3H6N2O3/c4-8-3(7)1-5-2-6/h2H,1,4H2,(H,5,6). The molecular formula is C3H6N2O3. The van der Waals surface area contributed by atoms with Crippen LogP contribution in [0, 0.1) is 0 Å². The lowest BCUT2D eigenvalue weighted by Crippen LogP contribution is -2.25. The Labute approximate surface area is 45.7 Å². The molecule has 8 heavy (non-hydrogen) atoms. The number of hydrogen-bond acceptors (Lipinski definition) is 4. The van der Waals surface area contributed by atoms with E-state index in [4.69, 9.17) is 0 Å². The second-order valence-corrected chi connectivity index (χ2v) is 0.989. The molecule has 0 radical (unpaired) electrons. The van der Waals surface area contributed by atoms with Gasteiger partial charge in [0, 0.05) is 0 Å². The maximum absolute atomic E-state index is 10.0. The van der Waals surface area contributed by atoms with Crippen LogP contribution in [0.5, 0.6) is 0 Å². The zero-order valence-corrected chi connectivity index (χ0v) is 4.09. The molecule has 0 aromatic rings. The van der Waals surface area contributed by atoms with Crippen molar-refractivity contribution < 1.29 is 14.4 Å². The number of hydrogen-bond donors (Lipinski definition) is 2. The van der Waals surface area contributed by atoms with Gasteiger partial charge in [-0.2, -0.15) is 5.90 Å². The maximum atomic E-state index is 10.0. The Hall–Kier alpha value is -1.10. The van der Waals surface area contributed by atoms with Gasteiger partial charge in [0.25, 0.3) is 0 Å². The van der Waals surface area contributed by atoms with Crippen LogP contribution in [-0.2, 0) is 14.4 Å². The van der Waals surface area contributed by atoms with Gasteiger partial charge in [0.05, 0.1) is 0 Å². The van der Waals surface area contributed by atoms with E-state index in [0.29, 0.717) is 6.41 Å². The molecule has 0 aromatic carbocycles. The molecule has 46 valence electrons. The van der Waals surface area contributed by atoms with Crippen molar-refractivity contribution in [2.45, 2.75) is 0 Å². The number of carbonyl (C=O) groups is 2. The Morgan fingerprint density at radius 1 is 1.88 bits per heavy atom. The average Bonchev–Trinajstić information content (AvgIpc) is 1.83. The van der Waals surface area contributed by atoms with Gasteiger partial charge in [-0.05, 0) is 0 Å². The van der Waals surface area contributed by atoms with E-state index in [-0.39, 0.29) is 6.54 Å². The molecule has 0 heterocycles. The van der Waals surface area contributed by atoms with Gasteiger partial charge in [-0.1, -0.05) is 0 Å². The summed E-state index contributed by atoms with van der Waals surface area (Å²) >= 11 is 0. The first-order valence-electron chi connectivity index (χ1n) is 1.88. The monoisotopic (exact) mass is 118 g/mol. The zero-order chi connectivity index (χ0) is 6.41. The van der Waals surface area contributed by atoms with Gasteiger partial charge in [-0.15, -0.1) is 0 Å². The molecule has 0 aromatic heterocycles. The number of nitrogens with one attached hydrogen (secondary N) is 1. The number of carbonyl (C=O) groups excluding carboxylic acids is 2. The molecule has 3 N–H and O–H groups in total. The van der Waals surface area contributed by atoms with Crippen molar-refractivity contribution in [2.75, 3.05) is 6.54 Å². The van der Waals surface area contributed by atoms with Crippen LogP contribution in [0.25, 0.3) is 0 Å². The summed E-state index contributed by atoms with van der Waals surface area (Å²) in [5.74, 6) is 3.74. The molecule has 0 aliphatic carbocycles. The third-order valence-electron chi connectivity index (χ3n) is 0.461. The lowest BCUT2D eigenvalue weighted by Gasteiger charge is -1.92. The number of rotatable bonds is 3. The van der Waals surface area contributed by atoms with Crippen LogP contribution in [-0.4, -0.2) is 18.9 Å². The zero-order valence-electron chi connectivity index (χ0n) is 4.09. The van der Waals surface area contributed by atoms with E-state index >= 15 is 0 Å². The first kappa shape index (κ1) is 6.90. The van der Waals surface area contributed by atoms with Crippen molar-refractivity contribution in [3.63, 3.8) is 0 Å². The molecule has 0 aliphatic heterocycles. The molecule has 0 spiro atoms. The Kier molecular flexibility index (Phi) is 3.51. The highest BCUT2D eigenvalue weighted by Crippen LogP contribution is 1.61. The maximum Gasteiger partial charge on any atom is 0.343 e. The van der Waals surface area contributed by atoms with E-state index in [1.165, 1.54) is 0 Å². The van der Waals surface area contributed by atoms with Crippen LogP contribution in [0.4, 0.5) is 0 Å². The van der Waals surface area contributed by atoms with Crippen molar-refractivity contribution in [3.8, 4) is 0 Å². The quantitative estimate of drug-likeness (QED) is 0.336. The van der Waals surface area contributed by atoms with E-state index < -0.39 is 5.97 Å². The fourth-order valence-corrected chi connectivity index (χ4v) is 0.167. The summed E-state index contributed by atoms with van der Waals surface area (Å²) in [6, 6.07) is 0. The number of nitrogens with two attached hydrogens (primary N) is 1. The normalized spacial score (nSPS) is 7.62. The van der Waals surface area contributed by atoms with Crippen molar-refractivity contribution >= 4 is 12.4 Å². The van der Waals surface area contributed by atoms with Gasteiger partial charge in [0.1, 0.15) is 6.54 Å². The Morgan fingerprint density at radius 2 is 2.50 bits per heavy atom. The van der Waals surface area contributed by atoms with E-state index in [1.807, 2.05) is 0 Å². The van der Waals surface area contributed by atoms with Gasteiger partial charge in [0.2, 0.25) is 6.41 Å². The first-order valence-corrected chi connectivity index (χ1v) is 1.88. The average molecular weight is 118 g/mol. The molecule has 0 aliphatic rings. The van der Waals surface area contributed by atoms with Crippen molar-refractivity contribution in [1.29, 1.82) is 0 Å². The van der Waals surface area contributed by atoms with E-state index in [0.717, 1.165) is 0 Å². The number of amides is 1. The lowest BCUT2D eigenvalue weighted by atomic mass is 10.7. The molecule has 0 atom stereocenters. The fraction of sp³-hybridized carbons (Fsp3) is 0.333. The molecule has 1 amide bonds. The van der Waals surface area contributed by atoms with Crippen LogP contribution in [0.2, 0.25) is 0 Å². The van der Waals surface area contributed by atoms with Gasteiger partial charge < -0.3 is 10.2 Å². The van der Waals surface area contributed by atoms with Crippen LogP contribution >= 0.6 is 0 Å². The summed E-state index contributed by atoms with van der Waals surface area (Å²) in [7, 11) is 0. The van der Waals surface area contributed by atoms with E-state index in [2.05, 4.69) is 16.1 Å². The van der Waals surface area contributed by atoms with Crippen LogP contribution in [0.1, 0.15) is 0 Å². The van der Waals surface area contributed by atoms with Crippen LogP contribution in [0.15, 0.2) is 0 Å². The minimum Gasteiger partial charge on any atom is -0.372 e. The van der Waals surface area contributed by atoms with Crippen LogP contribution < -0.4 is 11.2 Å². The summed E-state index contributed by atoms with van der Waals surface area (Å²) in [5.41, 5.74) is 0. The lowest BCUT2D eigenvalue weighted by molar-refractivity contribution is -0.143. The van der Waals surface area contributed by atoms with Crippen LogP contribution in [0.3, 0.4) is 0 Å². The minimum absolute atomic E-state index is 0.181. The molecule has 0 saturated carbocycles. The summed E-state index contributed by atoms with van der Waals surface area (Å²) in [6.45, 7) is -0.181. The fourth-order valence-electron chi connectivity index (χ4n) is 0.167. The van der Waals surface area contributed by atoms with Gasteiger partial charge in [0.15, 0.2) is 0 Å². The highest BCUT2D eigenvalue weighted by atomic mass is 16.7. The summed E-state index contributed by atoms with van der Waals surface area (Å²) in [6.07, 6.45) is 0.386. The third kappa shape index (κ3) is 3.10. The predicted octanol–water partition coefficient (Wildman–Crippen LogP) is -1.85. The van der Waals surface area contributed by atoms with Crippen molar-refractivity contribution in [3.05, 3.63) is 0 Å². The Balaban J connectivity index is 3.11. The Morgan fingerprint density at radius 3 is 2.88 bits per heavy atom. The highest BCUT2D eigenvalue weighted by molar-refractivity contribution is 5.73. The molecule has 0 rings (SSSR count).